The van der Waals surface area contributed by atoms with Gasteiger partial charge in [0.25, 0.3) is 0 Å². The molecule has 70 heavy (non-hydrogen) atoms. The second-order valence-electron chi connectivity index (χ2n) is 19.0. The molecule has 12 aromatic rings. The van der Waals surface area contributed by atoms with Gasteiger partial charge >= 0.3 is 0 Å². The molecular weight excluding hydrogens is 847 g/mol. The molecule has 0 radical (unpaired) electrons. The van der Waals surface area contributed by atoms with Crippen LogP contribution in [0.2, 0.25) is 0 Å². The minimum atomic E-state index is -0.570. The fourth-order valence-corrected chi connectivity index (χ4v) is 13.1. The van der Waals surface area contributed by atoms with Crippen molar-refractivity contribution in [3.05, 3.63) is 305 Å². The van der Waals surface area contributed by atoms with E-state index in [2.05, 4.69) is 266 Å². The van der Waals surface area contributed by atoms with Crippen molar-refractivity contribution in [1.82, 2.24) is 0 Å². The van der Waals surface area contributed by atoms with E-state index in [0.717, 1.165) is 39.0 Å². The Morgan fingerprint density at radius 2 is 0.800 bits per heavy atom. The van der Waals surface area contributed by atoms with Crippen molar-refractivity contribution in [3.63, 3.8) is 0 Å². The SMILES string of the molecule is c1ccc(-c2ccc3c(c2)C2(c4ccccc4-c4ccccc42)c2cc(N(c4cccc5c4-c4ccccc4C5(c4ccccc4)c4ccccc4)c4cccc5oc6ccccc6c45)ccc2-3)cc1. The summed E-state index contributed by atoms with van der Waals surface area (Å²) in [6, 6.07) is 96.8. The van der Waals surface area contributed by atoms with Gasteiger partial charge in [0, 0.05) is 16.6 Å². The van der Waals surface area contributed by atoms with Crippen LogP contribution in [-0.4, -0.2) is 0 Å². The van der Waals surface area contributed by atoms with Crippen LogP contribution in [0, 0.1) is 0 Å². The first-order chi connectivity index (χ1) is 34.7. The third kappa shape index (κ3) is 5.12. The van der Waals surface area contributed by atoms with Gasteiger partial charge in [-0.05, 0) is 126 Å². The molecule has 15 rings (SSSR count). The molecule has 0 saturated carbocycles. The smallest absolute Gasteiger partial charge is 0.137 e. The van der Waals surface area contributed by atoms with E-state index in [9.17, 15) is 0 Å². The van der Waals surface area contributed by atoms with Gasteiger partial charge < -0.3 is 9.32 Å². The lowest BCUT2D eigenvalue weighted by molar-refractivity contribution is 0.669. The Balaban J connectivity index is 1.06. The zero-order valence-corrected chi connectivity index (χ0v) is 38.2. The van der Waals surface area contributed by atoms with Crippen LogP contribution in [-0.2, 0) is 10.8 Å². The van der Waals surface area contributed by atoms with Crippen molar-refractivity contribution < 1.29 is 4.42 Å². The van der Waals surface area contributed by atoms with Crippen LogP contribution >= 0.6 is 0 Å². The zero-order valence-electron chi connectivity index (χ0n) is 38.2. The van der Waals surface area contributed by atoms with Gasteiger partial charge in [0.15, 0.2) is 0 Å². The minimum Gasteiger partial charge on any atom is -0.456 e. The fourth-order valence-electron chi connectivity index (χ4n) is 13.1. The summed E-state index contributed by atoms with van der Waals surface area (Å²) >= 11 is 0. The summed E-state index contributed by atoms with van der Waals surface area (Å²) in [4.78, 5) is 2.55. The molecule has 0 fully saturated rings. The van der Waals surface area contributed by atoms with E-state index in [4.69, 9.17) is 4.42 Å². The van der Waals surface area contributed by atoms with Crippen LogP contribution in [0.4, 0.5) is 17.1 Å². The normalized spacial score (nSPS) is 13.9. The molecule has 1 spiro atoms. The number of para-hydroxylation sites is 1. The number of fused-ring (bicyclic) bond motifs is 16. The van der Waals surface area contributed by atoms with E-state index in [-0.39, 0.29) is 0 Å². The molecule has 0 saturated heterocycles. The van der Waals surface area contributed by atoms with Gasteiger partial charge in [-0.2, -0.15) is 0 Å². The van der Waals surface area contributed by atoms with Crippen LogP contribution in [0.5, 0.6) is 0 Å². The Labute approximate surface area is 407 Å². The Kier molecular flexibility index (Phi) is 8.24. The molecule has 0 bridgehead atoms. The molecule has 2 nitrogen and oxygen atoms in total. The van der Waals surface area contributed by atoms with Gasteiger partial charge in [0.1, 0.15) is 11.2 Å². The zero-order chi connectivity index (χ0) is 46.0. The maximum atomic E-state index is 6.70. The third-order valence-electron chi connectivity index (χ3n) is 15.8. The Hall–Kier alpha value is -8.98. The standard InChI is InChI=1S/C68H43NO/c1-4-20-44(21-5-1)45-38-40-51-52-41-39-48(43-60(52)68(59(51)42-45)55-30-14-10-26-49(55)50-27-11-15-31-56(50)68)69(62-35-19-37-64-66(62)54-29-13-17-36-63(54)70-64)61-34-18-33-58-65(61)53-28-12-16-32-57(53)67(58,46-22-6-2-7-23-46)47-24-8-3-9-25-47/h1-43H. The Morgan fingerprint density at radius 3 is 1.50 bits per heavy atom. The number of anilines is 3. The first-order valence-corrected chi connectivity index (χ1v) is 24.3. The lowest BCUT2D eigenvalue weighted by Gasteiger charge is -2.35. The summed E-state index contributed by atoms with van der Waals surface area (Å²) < 4.78 is 6.70. The highest BCUT2D eigenvalue weighted by molar-refractivity contribution is 6.14. The van der Waals surface area contributed by atoms with E-state index >= 15 is 0 Å². The summed E-state index contributed by atoms with van der Waals surface area (Å²) in [5.74, 6) is 0. The van der Waals surface area contributed by atoms with E-state index in [0.29, 0.717) is 0 Å². The Morgan fingerprint density at radius 1 is 0.300 bits per heavy atom. The van der Waals surface area contributed by atoms with Crippen molar-refractivity contribution in [3.8, 4) is 44.5 Å². The van der Waals surface area contributed by atoms with Gasteiger partial charge in [-0.15, -0.1) is 0 Å². The minimum absolute atomic E-state index is 0.568. The predicted octanol–water partition coefficient (Wildman–Crippen LogP) is 17.4. The van der Waals surface area contributed by atoms with E-state index in [1.54, 1.807) is 0 Å². The first kappa shape index (κ1) is 39.1. The monoisotopic (exact) mass is 889 g/mol. The predicted molar refractivity (Wildman–Crippen MR) is 287 cm³/mol. The quantitative estimate of drug-likeness (QED) is 0.165. The van der Waals surface area contributed by atoms with Gasteiger partial charge in [0.2, 0.25) is 0 Å². The average molecular weight is 890 g/mol. The number of nitrogens with zero attached hydrogens (tertiary/aromatic N) is 1. The maximum Gasteiger partial charge on any atom is 0.137 e. The molecule has 0 amide bonds. The largest absolute Gasteiger partial charge is 0.456 e. The highest BCUT2D eigenvalue weighted by atomic mass is 16.3. The van der Waals surface area contributed by atoms with E-state index < -0.39 is 10.8 Å². The fraction of sp³-hybridized carbons (Fsp3) is 0.0294. The summed E-state index contributed by atoms with van der Waals surface area (Å²) in [7, 11) is 0. The van der Waals surface area contributed by atoms with Crippen molar-refractivity contribution >= 4 is 39.0 Å². The summed E-state index contributed by atoms with van der Waals surface area (Å²) in [5.41, 5.74) is 24.1. The molecule has 0 N–H and O–H groups in total. The summed E-state index contributed by atoms with van der Waals surface area (Å²) in [6.45, 7) is 0. The lowest BCUT2D eigenvalue weighted by Crippen LogP contribution is -2.28. The molecule has 0 unspecified atom stereocenters. The summed E-state index contributed by atoms with van der Waals surface area (Å²) in [6.07, 6.45) is 0. The third-order valence-corrected chi connectivity index (χ3v) is 15.8. The first-order valence-electron chi connectivity index (χ1n) is 24.3. The Bertz CT molecular complexity index is 3990. The van der Waals surface area contributed by atoms with Crippen LogP contribution in [0.15, 0.2) is 265 Å². The van der Waals surface area contributed by atoms with Crippen molar-refractivity contribution in [2.45, 2.75) is 10.8 Å². The van der Waals surface area contributed by atoms with E-state index in [1.165, 1.54) is 89.0 Å². The topological polar surface area (TPSA) is 16.4 Å². The molecule has 1 aromatic heterocycles. The van der Waals surface area contributed by atoms with Crippen molar-refractivity contribution in [2.24, 2.45) is 0 Å². The van der Waals surface area contributed by atoms with Crippen LogP contribution in [0.3, 0.4) is 0 Å². The number of rotatable bonds is 6. The molecule has 0 atom stereocenters. The van der Waals surface area contributed by atoms with Crippen LogP contribution in [0.1, 0.15) is 44.5 Å². The highest BCUT2D eigenvalue weighted by Gasteiger charge is 2.52. The molecule has 326 valence electrons. The second kappa shape index (κ2) is 14.8. The highest BCUT2D eigenvalue weighted by Crippen LogP contribution is 2.65. The molecule has 11 aromatic carbocycles. The molecule has 2 heteroatoms. The average Bonchev–Trinajstić information content (AvgIpc) is 4.15. The number of hydrogen-bond donors (Lipinski definition) is 0. The van der Waals surface area contributed by atoms with Gasteiger partial charge in [-0.25, -0.2) is 0 Å². The number of benzene rings is 11. The van der Waals surface area contributed by atoms with Crippen LogP contribution in [0.25, 0.3) is 66.4 Å². The van der Waals surface area contributed by atoms with Gasteiger partial charge in [-0.1, -0.05) is 218 Å². The number of hydrogen-bond acceptors (Lipinski definition) is 2. The van der Waals surface area contributed by atoms with Crippen molar-refractivity contribution in [2.75, 3.05) is 4.90 Å². The molecule has 3 aliphatic rings. The number of furan rings is 1. The molecular formula is C68H43NO. The van der Waals surface area contributed by atoms with Crippen molar-refractivity contribution in [1.29, 1.82) is 0 Å². The lowest BCUT2D eigenvalue weighted by atomic mass is 9.68. The van der Waals surface area contributed by atoms with Gasteiger partial charge in [0.05, 0.1) is 27.6 Å². The van der Waals surface area contributed by atoms with Gasteiger partial charge in [-0.3, -0.25) is 0 Å². The van der Waals surface area contributed by atoms with E-state index in [1.807, 2.05) is 0 Å². The second-order valence-corrected chi connectivity index (χ2v) is 19.0. The van der Waals surface area contributed by atoms with Crippen LogP contribution < -0.4 is 4.90 Å². The maximum absolute atomic E-state index is 6.70. The molecule has 3 aliphatic carbocycles. The molecule has 1 heterocycles. The molecule has 0 aliphatic heterocycles. The summed E-state index contributed by atoms with van der Waals surface area (Å²) in [5, 5.41) is 2.17.